The van der Waals surface area contributed by atoms with Gasteiger partial charge in [-0.15, -0.1) is 0 Å². The molecule has 0 aromatic heterocycles. The summed E-state index contributed by atoms with van der Waals surface area (Å²) in [5.41, 5.74) is -1.79. The second-order valence-electron chi connectivity index (χ2n) is 4.61. The molecule has 1 amide bonds. The van der Waals surface area contributed by atoms with Crippen molar-refractivity contribution >= 4 is 24.2 Å². The van der Waals surface area contributed by atoms with Crippen LogP contribution in [0.15, 0.2) is 42.5 Å². The maximum Gasteiger partial charge on any atom is 0.491 e. The number of carbonyl (C=O) groups is 1. The van der Waals surface area contributed by atoms with Crippen molar-refractivity contribution in [1.29, 1.82) is 0 Å². The van der Waals surface area contributed by atoms with Crippen LogP contribution in [0.5, 0.6) is 0 Å². The fourth-order valence-electron chi connectivity index (χ4n) is 1.87. The summed E-state index contributed by atoms with van der Waals surface area (Å²) in [6.45, 7) is 0. The molecule has 2 aromatic carbocycles. The molecule has 0 aliphatic rings. The van der Waals surface area contributed by atoms with Crippen molar-refractivity contribution in [2.24, 2.45) is 0 Å². The van der Waals surface area contributed by atoms with Crippen LogP contribution in [-0.2, 0) is 6.18 Å². The molecule has 9 heteroatoms. The molecule has 0 heterocycles. The normalized spacial score (nSPS) is 11.2. The molecule has 0 saturated heterocycles. The zero-order valence-corrected chi connectivity index (χ0v) is 11.4. The lowest BCUT2D eigenvalue weighted by molar-refractivity contribution is -0.137. The second-order valence-corrected chi connectivity index (χ2v) is 4.61. The van der Waals surface area contributed by atoms with Crippen LogP contribution >= 0.6 is 0 Å². The quantitative estimate of drug-likeness (QED) is 0.595. The summed E-state index contributed by atoms with van der Waals surface area (Å²) in [5, 5.41) is 20.2. The van der Waals surface area contributed by atoms with Crippen LogP contribution in [0.2, 0.25) is 0 Å². The van der Waals surface area contributed by atoms with Crippen LogP contribution in [-0.4, -0.2) is 23.1 Å². The summed E-state index contributed by atoms with van der Waals surface area (Å²) in [7, 11) is -2.09. The third-order valence-corrected chi connectivity index (χ3v) is 3.02. The first-order chi connectivity index (χ1) is 10.7. The largest absolute Gasteiger partial charge is 0.491 e. The van der Waals surface area contributed by atoms with Gasteiger partial charge in [0.2, 0.25) is 0 Å². The van der Waals surface area contributed by atoms with Crippen molar-refractivity contribution in [1.82, 2.24) is 0 Å². The lowest BCUT2D eigenvalue weighted by Crippen LogP contribution is -2.34. The zero-order valence-electron chi connectivity index (χ0n) is 11.4. The first kappa shape index (κ1) is 17.0. The average Bonchev–Trinajstić information content (AvgIpc) is 2.46. The zero-order chi connectivity index (χ0) is 17.2. The molecular weight excluding hydrogens is 317 g/mol. The maximum atomic E-state index is 14.0. The van der Waals surface area contributed by atoms with Crippen molar-refractivity contribution in [3.05, 3.63) is 59.4 Å². The van der Waals surface area contributed by atoms with Gasteiger partial charge in [-0.05, 0) is 30.3 Å². The number of alkyl halides is 3. The SMILES string of the molecule is O=C(Nc1ccc(C(F)(F)F)cc1)c1cccc(B(O)O)c1F. The molecule has 0 radical (unpaired) electrons. The minimum absolute atomic E-state index is 0.0392. The molecule has 0 aliphatic carbocycles. The predicted octanol–water partition coefficient (Wildman–Crippen LogP) is 1.78. The molecule has 2 aromatic rings. The molecule has 0 saturated carbocycles. The Kier molecular flexibility index (Phi) is 4.72. The molecule has 3 N–H and O–H groups in total. The van der Waals surface area contributed by atoms with Crippen LogP contribution in [0, 0.1) is 5.82 Å². The Hall–Kier alpha value is -2.39. The van der Waals surface area contributed by atoms with Crippen molar-refractivity contribution in [2.75, 3.05) is 5.32 Å². The van der Waals surface area contributed by atoms with E-state index in [1.54, 1.807) is 0 Å². The number of nitrogens with one attached hydrogen (secondary N) is 1. The average molecular weight is 327 g/mol. The Bertz CT molecular complexity index is 717. The van der Waals surface area contributed by atoms with E-state index in [1.165, 1.54) is 6.07 Å². The molecule has 120 valence electrons. The van der Waals surface area contributed by atoms with E-state index < -0.39 is 41.6 Å². The molecule has 0 bridgehead atoms. The van der Waals surface area contributed by atoms with Gasteiger partial charge in [-0.2, -0.15) is 13.2 Å². The van der Waals surface area contributed by atoms with Crippen LogP contribution in [0.4, 0.5) is 23.2 Å². The maximum absolute atomic E-state index is 14.0. The molecule has 0 aliphatic heterocycles. The van der Waals surface area contributed by atoms with E-state index in [4.69, 9.17) is 10.0 Å². The summed E-state index contributed by atoms with van der Waals surface area (Å²) < 4.78 is 51.3. The highest BCUT2D eigenvalue weighted by Crippen LogP contribution is 2.29. The Labute approximate surface area is 128 Å². The standard InChI is InChI=1S/C14H10BF4NO3/c16-12-10(2-1-3-11(12)15(22)23)13(21)20-9-6-4-8(5-7-9)14(17,18)19/h1-7,22-23H,(H,20,21). The van der Waals surface area contributed by atoms with E-state index in [0.717, 1.165) is 36.4 Å². The smallest absolute Gasteiger partial charge is 0.423 e. The van der Waals surface area contributed by atoms with Gasteiger partial charge >= 0.3 is 13.3 Å². The Morgan fingerprint density at radius 3 is 2.17 bits per heavy atom. The highest BCUT2D eigenvalue weighted by Gasteiger charge is 2.30. The molecule has 0 atom stereocenters. The molecule has 0 fully saturated rings. The number of rotatable bonds is 3. The van der Waals surface area contributed by atoms with Crippen molar-refractivity contribution in [2.45, 2.75) is 6.18 Å². The Morgan fingerprint density at radius 2 is 1.65 bits per heavy atom. The van der Waals surface area contributed by atoms with Crippen LogP contribution in [0.1, 0.15) is 15.9 Å². The summed E-state index contributed by atoms with van der Waals surface area (Å²) in [4.78, 5) is 12.0. The number of carbonyl (C=O) groups excluding carboxylic acids is 1. The van der Waals surface area contributed by atoms with E-state index in [0.29, 0.717) is 0 Å². The van der Waals surface area contributed by atoms with E-state index >= 15 is 0 Å². The summed E-state index contributed by atoms with van der Waals surface area (Å²) in [6, 6.07) is 7.07. The van der Waals surface area contributed by atoms with Gasteiger partial charge in [-0.25, -0.2) is 4.39 Å². The molecule has 4 nitrogen and oxygen atoms in total. The number of benzene rings is 2. The second kappa shape index (κ2) is 6.39. The Morgan fingerprint density at radius 1 is 1.04 bits per heavy atom. The van der Waals surface area contributed by atoms with Gasteiger partial charge in [-0.3, -0.25) is 4.79 Å². The molecular formula is C14H10BF4NO3. The van der Waals surface area contributed by atoms with Crippen LogP contribution in [0.25, 0.3) is 0 Å². The van der Waals surface area contributed by atoms with E-state index in [9.17, 15) is 22.4 Å². The topological polar surface area (TPSA) is 69.6 Å². The number of anilines is 1. The highest BCUT2D eigenvalue weighted by molar-refractivity contribution is 6.58. The monoisotopic (exact) mass is 327 g/mol. The van der Waals surface area contributed by atoms with E-state index in [1.807, 2.05) is 0 Å². The van der Waals surface area contributed by atoms with Gasteiger partial charge in [0.25, 0.3) is 5.91 Å². The summed E-state index contributed by atoms with van der Waals surface area (Å²) >= 11 is 0. The van der Waals surface area contributed by atoms with E-state index in [-0.39, 0.29) is 5.69 Å². The van der Waals surface area contributed by atoms with Gasteiger partial charge in [0.05, 0.1) is 11.1 Å². The lowest BCUT2D eigenvalue weighted by atomic mass is 9.79. The summed E-state index contributed by atoms with van der Waals surface area (Å²) in [6.07, 6.45) is -4.50. The number of hydrogen-bond acceptors (Lipinski definition) is 3. The van der Waals surface area contributed by atoms with Crippen LogP contribution < -0.4 is 10.8 Å². The molecule has 0 unspecified atom stereocenters. The third-order valence-electron chi connectivity index (χ3n) is 3.02. The molecule has 2 rings (SSSR count). The minimum atomic E-state index is -4.50. The number of hydrogen-bond donors (Lipinski definition) is 3. The number of amides is 1. The first-order valence-electron chi connectivity index (χ1n) is 6.33. The van der Waals surface area contributed by atoms with E-state index in [2.05, 4.69) is 5.32 Å². The molecule has 23 heavy (non-hydrogen) atoms. The first-order valence-corrected chi connectivity index (χ1v) is 6.33. The van der Waals surface area contributed by atoms with Gasteiger partial charge in [-0.1, -0.05) is 12.1 Å². The highest BCUT2D eigenvalue weighted by atomic mass is 19.4. The fraction of sp³-hybridized carbons (Fsp3) is 0.0714. The van der Waals surface area contributed by atoms with Crippen molar-refractivity contribution in [3.8, 4) is 0 Å². The number of halogens is 4. The van der Waals surface area contributed by atoms with Gasteiger partial charge < -0.3 is 15.4 Å². The molecule has 0 spiro atoms. The van der Waals surface area contributed by atoms with Gasteiger partial charge in [0.1, 0.15) is 5.82 Å². The third kappa shape index (κ3) is 3.88. The fourth-order valence-corrected chi connectivity index (χ4v) is 1.87. The Balaban J connectivity index is 2.21. The van der Waals surface area contributed by atoms with Gasteiger partial charge in [0.15, 0.2) is 0 Å². The van der Waals surface area contributed by atoms with Gasteiger partial charge in [0, 0.05) is 11.2 Å². The predicted molar refractivity (Wildman–Crippen MR) is 75.6 cm³/mol. The van der Waals surface area contributed by atoms with Crippen LogP contribution in [0.3, 0.4) is 0 Å². The van der Waals surface area contributed by atoms with Crippen molar-refractivity contribution < 1.29 is 32.4 Å². The minimum Gasteiger partial charge on any atom is -0.423 e. The summed E-state index contributed by atoms with van der Waals surface area (Å²) in [5.74, 6) is -2.04. The van der Waals surface area contributed by atoms with Crippen molar-refractivity contribution in [3.63, 3.8) is 0 Å². The lowest BCUT2D eigenvalue weighted by Gasteiger charge is -2.10.